The third kappa shape index (κ3) is 2.76. The molecule has 1 fully saturated rings. The van der Waals surface area contributed by atoms with Crippen molar-refractivity contribution in [3.05, 3.63) is 12.2 Å². The molecule has 2 rings (SSSR count). The summed E-state index contributed by atoms with van der Waals surface area (Å²) in [4.78, 5) is 14.3. The van der Waals surface area contributed by atoms with Gasteiger partial charge in [-0.1, -0.05) is 0 Å². The van der Waals surface area contributed by atoms with Crippen LogP contribution in [0.5, 0.6) is 0 Å². The van der Waals surface area contributed by atoms with E-state index in [0.717, 1.165) is 19.4 Å². The monoisotopic (exact) mass is 211 g/mol. The highest BCUT2D eigenvalue weighted by atomic mass is 16.5. The molecule has 0 radical (unpaired) electrons. The van der Waals surface area contributed by atoms with Crippen LogP contribution < -0.4 is 0 Å². The van der Waals surface area contributed by atoms with Crippen LogP contribution in [0, 0.1) is 0 Å². The summed E-state index contributed by atoms with van der Waals surface area (Å²) >= 11 is 0. The van der Waals surface area contributed by atoms with Crippen LogP contribution in [0.3, 0.4) is 0 Å². The highest BCUT2D eigenvalue weighted by Crippen LogP contribution is 2.13. The second-order valence-corrected chi connectivity index (χ2v) is 3.59. The summed E-state index contributed by atoms with van der Waals surface area (Å²) < 4.78 is 7.09. The van der Waals surface area contributed by atoms with Crippen LogP contribution in [-0.4, -0.2) is 38.6 Å². The third-order valence-corrected chi connectivity index (χ3v) is 2.31. The van der Waals surface area contributed by atoms with Crippen molar-refractivity contribution in [2.24, 2.45) is 0 Å². The zero-order valence-electron chi connectivity index (χ0n) is 8.30. The molecule has 1 unspecified atom stereocenters. The molecule has 0 bridgehead atoms. The van der Waals surface area contributed by atoms with Crippen molar-refractivity contribution in [3.8, 4) is 0 Å². The molecule has 1 atom stereocenters. The molecule has 1 aromatic heterocycles. The van der Waals surface area contributed by atoms with Gasteiger partial charge in [-0.25, -0.2) is 4.98 Å². The van der Waals surface area contributed by atoms with Gasteiger partial charge in [0.1, 0.15) is 12.7 Å². The Morgan fingerprint density at radius 2 is 2.60 bits per heavy atom. The molecule has 6 nitrogen and oxygen atoms in total. The topological polar surface area (TPSA) is 77.2 Å². The molecule has 82 valence electrons. The maximum Gasteiger partial charge on any atom is 0.311 e. The van der Waals surface area contributed by atoms with E-state index in [1.54, 1.807) is 11.0 Å². The number of carboxylic acids is 1. The fourth-order valence-electron chi connectivity index (χ4n) is 1.63. The lowest BCUT2D eigenvalue weighted by molar-refractivity contribution is -0.136. The zero-order chi connectivity index (χ0) is 10.7. The van der Waals surface area contributed by atoms with Crippen molar-refractivity contribution >= 4 is 5.97 Å². The Labute approximate surface area is 86.9 Å². The Kier molecular flexibility index (Phi) is 2.96. The van der Waals surface area contributed by atoms with Crippen molar-refractivity contribution in [1.29, 1.82) is 0 Å². The number of hydrogen-bond donors (Lipinski definition) is 1. The summed E-state index contributed by atoms with van der Waals surface area (Å²) in [5, 5.41) is 12.6. The molecular weight excluding hydrogens is 198 g/mol. The molecular formula is C9H13N3O3. The molecule has 1 aromatic rings. The molecule has 1 aliphatic heterocycles. The molecule has 0 saturated carbocycles. The number of hydrogen-bond acceptors (Lipinski definition) is 4. The van der Waals surface area contributed by atoms with Crippen LogP contribution in [0.15, 0.2) is 6.33 Å². The van der Waals surface area contributed by atoms with Crippen molar-refractivity contribution in [1.82, 2.24) is 14.8 Å². The molecule has 0 aliphatic carbocycles. The lowest BCUT2D eigenvalue weighted by Gasteiger charge is -2.07. The van der Waals surface area contributed by atoms with Gasteiger partial charge < -0.3 is 9.84 Å². The molecule has 15 heavy (non-hydrogen) atoms. The van der Waals surface area contributed by atoms with Crippen molar-refractivity contribution in [2.75, 3.05) is 6.61 Å². The Hall–Kier alpha value is -1.43. The minimum absolute atomic E-state index is 0.126. The van der Waals surface area contributed by atoms with Gasteiger partial charge in [0.05, 0.1) is 12.6 Å². The fourth-order valence-corrected chi connectivity index (χ4v) is 1.63. The number of ether oxygens (including phenoxy) is 1. The van der Waals surface area contributed by atoms with Crippen LogP contribution in [0.2, 0.25) is 0 Å². The minimum atomic E-state index is -0.912. The van der Waals surface area contributed by atoms with Crippen LogP contribution in [-0.2, 0) is 22.5 Å². The summed E-state index contributed by atoms with van der Waals surface area (Å²) in [5.41, 5.74) is 0. The summed E-state index contributed by atoms with van der Waals surface area (Å²) in [5.74, 6) is -0.564. The smallest absolute Gasteiger partial charge is 0.311 e. The predicted octanol–water partition coefficient (Wildman–Crippen LogP) is 0.0842. The van der Waals surface area contributed by atoms with E-state index in [-0.39, 0.29) is 12.5 Å². The normalized spacial score (nSPS) is 20.7. The summed E-state index contributed by atoms with van der Waals surface area (Å²) in [6, 6.07) is 0. The minimum Gasteiger partial charge on any atom is -0.481 e. The Bertz CT molecular complexity index is 344. The van der Waals surface area contributed by atoms with E-state index in [1.165, 1.54) is 0 Å². The lowest BCUT2D eigenvalue weighted by Crippen LogP contribution is -2.15. The number of carboxylic acid groups (broad SMARTS) is 1. The van der Waals surface area contributed by atoms with Gasteiger partial charge in [-0.2, -0.15) is 5.10 Å². The Morgan fingerprint density at radius 3 is 3.27 bits per heavy atom. The van der Waals surface area contributed by atoms with E-state index in [4.69, 9.17) is 9.84 Å². The molecule has 0 spiro atoms. The van der Waals surface area contributed by atoms with Gasteiger partial charge in [-0.3, -0.25) is 9.48 Å². The van der Waals surface area contributed by atoms with Gasteiger partial charge in [0.15, 0.2) is 5.82 Å². The van der Waals surface area contributed by atoms with E-state index in [1.807, 2.05) is 0 Å². The van der Waals surface area contributed by atoms with Gasteiger partial charge in [0.2, 0.25) is 0 Å². The number of nitrogens with zero attached hydrogens (tertiary/aromatic N) is 3. The quantitative estimate of drug-likeness (QED) is 0.763. The van der Waals surface area contributed by atoms with Gasteiger partial charge in [0.25, 0.3) is 0 Å². The second-order valence-electron chi connectivity index (χ2n) is 3.59. The molecule has 6 heteroatoms. The zero-order valence-corrected chi connectivity index (χ0v) is 8.30. The van der Waals surface area contributed by atoms with E-state index >= 15 is 0 Å². The maximum absolute atomic E-state index is 10.4. The highest BCUT2D eigenvalue weighted by molar-refractivity contribution is 5.68. The summed E-state index contributed by atoms with van der Waals surface area (Å²) in [7, 11) is 0. The number of carbonyl (C=O) groups is 1. The molecule has 0 aromatic carbocycles. The van der Waals surface area contributed by atoms with Crippen molar-refractivity contribution in [2.45, 2.75) is 31.9 Å². The number of aliphatic carboxylic acids is 1. The van der Waals surface area contributed by atoms with Crippen molar-refractivity contribution in [3.63, 3.8) is 0 Å². The molecule has 1 N–H and O–H groups in total. The summed E-state index contributed by atoms with van der Waals surface area (Å²) in [6.07, 6.45) is 3.75. The van der Waals surface area contributed by atoms with Crippen LogP contribution >= 0.6 is 0 Å². The molecule has 1 saturated heterocycles. The largest absolute Gasteiger partial charge is 0.481 e. The molecule has 1 aliphatic rings. The van der Waals surface area contributed by atoms with Crippen LogP contribution in [0.25, 0.3) is 0 Å². The Balaban J connectivity index is 1.91. The number of aromatic nitrogens is 3. The van der Waals surface area contributed by atoms with Gasteiger partial charge in [0, 0.05) is 6.61 Å². The third-order valence-electron chi connectivity index (χ3n) is 2.31. The first-order chi connectivity index (χ1) is 7.24. The van der Waals surface area contributed by atoms with E-state index in [2.05, 4.69) is 10.1 Å². The summed E-state index contributed by atoms with van der Waals surface area (Å²) in [6.45, 7) is 1.47. The highest BCUT2D eigenvalue weighted by Gasteiger charge is 2.16. The van der Waals surface area contributed by atoms with Gasteiger partial charge in [-0.05, 0) is 12.8 Å². The SMILES string of the molecule is O=C(O)Cc1ncn(CC2CCCO2)n1. The van der Waals surface area contributed by atoms with E-state index < -0.39 is 5.97 Å². The van der Waals surface area contributed by atoms with Crippen LogP contribution in [0.1, 0.15) is 18.7 Å². The van der Waals surface area contributed by atoms with Crippen molar-refractivity contribution < 1.29 is 14.6 Å². The Morgan fingerprint density at radius 1 is 1.73 bits per heavy atom. The van der Waals surface area contributed by atoms with Gasteiger partial charge >= 0.3 is 5.97 Å². The second kappa shape index (κ2) is 4.39. The fraction of sp³-hybridized carbons (Fsp3) is 0.667. The average Bonchev–Trinajstić information content (AvgIpc) is 2.77. The predicted molar refractivity (Wildman–Crippen MR) is 50.3 cm³/mol. The van der Waals surface area contributed by atoms with E-state index in [9.17, 15) is 4.79 Å². The first-order valence-corrected chi connectivity index (χ1v) is 4.96. The number of rotatable bonds is 4. The first kappa shape index (κ1) is 10.1. The lowest BCUT2D eigenvalue weighted by atomic mass is 10.2. The standard InChI is InChI=1S/C9H13N3O3/c13-9(14)4-8-10-6-12(11-8)5-7-2-1-3-15-7/h6-7H,1-5H2,(H,13,14). The average molecular weight is 211 g/mol. The first-order valence-electron chi connectivity index (χ1n) is 4.96. The van der Waals surface area contributed by atoms with E-state index in [0.29, 0.717) is 12.4 Å². The maximum atomic E-state index is 10.4. The van der Waals surface area contributed by atoms with Crippen LogP contribution in [0.4, 0.5) is 0 Å². The molecule has 0 amide bonds. The van der Waals surface area contributed by atoms with Gasteiger partial charge in [-0.15, -0.1) is 0 Å². The molecule has 2 heterocycles.